The Hall–Kier alpha value is -1.06. The quantitative estimate of drug-likeness (QED) is 0.352. The molecule has 0 atom stereocenters. The van der Waals surface area contributed by atoms with Crippen molar-refractivity contribution in [1.29, 1.82) is 0 Å². The van der Waals surface area contributed by atoms with Crippen molar-refractivity contribution in [2.75, 3.05) is 13.2 Å². The van der Waals surface area contributed by atoms with Gasteiger partial charge < -0.3 is 9.47 Å². The van der Waals surface area contributed by atoms with Crippen LogP contribution in [0.4, 0.5) is 0 Å². The van der Waals surface area contributed by atoms with Crippen LogP contribution >= 0.6 is 0 Å². The van der Waals surface area contributed by atoms with Crippen molar-refractivity contribution in [2.45, 2.75) is 84.5 Å². The summed E-state index contributed by atoms with van der Waals surface area (Å²) in [6, 6.07) is 0. The third-order valence-corrected chi connectivity index (χ3v) is 3.40. The second kappa shape index (κ2) is 15.3. The number of hydrogen-bond acceptors (Lipinski definition) is 4. The van der Waals surface area contributed by atoms with Crippen molar-refractivity contribution in [1.82, 2.24) is 0 Å². The maximum absolute atomic E-state index is 10.5. The molecule has 0 aliphatic carbocycles. The van der Waals surface area contributed by atoms with E-state index in [1.54, 1.807) is 0 Å². The molecule has 0 saturated carbocycles. The van der Waals surface area contributed by atoms with Crippen molar-refractivity contribution in [3.8, 4) is 0 Å². The highest BCUT2D eigenvalue weighted by Crippen LogP contribution is 2.11. The van der Waals surface area contributed by atoms with Gasteiger partial charge in [-0.25, -0.2) is 0 Å². The van der Waals surface area contributed by atoms with Gasteiger partial charge in [-0.1, -0.05) is 57.8 Å². The highest BCUT2D eigenvalue weighted by Gasteiger charge is 1.96. The molecule has 0 rings (SSSR count). The number of unbranched alkanes of at least 4 members (excludes halogenated alkanes) is 10. The van der Waals surface area contributed by atoms with Gasteiger partial charge in [0.2, 0.25) is 0 Å². The molecule has 0 aliphatic rings. The van der Waals surface area contributed by atoms with Crippen LogP contribution in [0.1, 0.15) is 84.5 Å². The molecule has 0 bridgehead atoms. The molecule has 0 aliphatic heterocycles. The summed E-state index contributed by atoms with van der Waals surface area (Å²) in [5.41, 5.74) is 0. The lowest BCUT2D eigenvalue weighted by atomic mass is 10.1. The van der Waals surface area contributed by atoms with Crippen LogP contribution in [0.3, 0.4) is 0 Å². The van der Waals surface area contributed by atoms with Crippen LogP contribution < -0.4 is 0 Å². The molecule has 4 nitrogen and oxygen atoms in total. The van der Waals surface area contributed by atoms with Gasteiger partial charge in [0.15, 0.2) is 0 Å². The first-order chi connectivity index (χ1) is 10.1. The summed E-state index contributed by atoms with van der Waals surface area (Å²) in [5.74, 6) is -0.356. The molecule has 0 N–H and O–H groups in total. The number of ether oxygens (including phenoxy) is 2. The maximum atomic E-state index is 10.5. The lowest BCUT2D eigenvalue weighted by molar-refractivity contribution is -0.142. The fourth-order valence-electron chi connectivity index (χ4n) is 2.23. The summed E-state index contributed by atoms with van der Waals surface area (Å²) >= 11 is 0. The van der Waals surface area contributed by atoms with E-state index in [9.17, 15) is 9.59 Å². The normalized spacial score (nSPS) is 10.4. The zero-order valence-corrected chi connectivity index (χ0v) is 13.8. The minimum absolute atomic E-state index is 0.178. The molecular weight excluding hydrogens is 268 g/mol. The Morgan fingerprint density at radius 3 is 1.00 bits per heavy atom. The van der Waals surface area contributed by atoms with Gasteiger partial charge in [0, 0.05) is 13.8 Å². The molecule has 0 spiro atoms. The number of carbonyl (C=O) groups excluding carboxylic acids is 2. The molecule has 21 heavy (non-hydrogen) atoms. The first-order valence-electron chi connectivity index (χ1n) is 8.39. The lowest BCUT2D eigenvalue weighted by Gasteiger charge is -2.04. The van der Waals surface area contributed by atoms with Crippen molar-refractivity contribution in [3.63, 3.8) is 0 Å². The van der Waals surface area contributed by atoms with Crippen molar-refractivity contribution in [2.24, 2.45) is 0 Å². The Morgan fingerprint density at radius 1 is 0.524 bits per heavy atom. The van der Waals surface area contributed by atoms with Gasteiger partial charge in [-0.15, -0.1) is 0 Å². The minimum Gasteiger partial charge on any atom is -0.466 e. The molecule has 0 fully saturated rings. The van der Waals surface area contributed by atoms with Crippen LogP contribution in [0.25, 0.3) is 0 Å². The van der Waals surface area contributed by atoms with E-state index < -0.39 is 0 Å². The minimum atomic E-state index is -0.178. The van der Waals surface area contributed by atoms with E-state index in [-0.39, 0.29) is 11.9 Å². The molecule has 0 radical (unpaired) electrons. The highest BCUT2D eigenvalue weighted by atomic mass is 16.5. The zero-order chi connectivity index (χ0) is 15.8. The summed E-state index contributed by atoms with van der Waals surface area (Å²) in [6.07, 6.45) is 13.3. The first kappa shape index (κ1) is 19.9. The largest absolute Gasteiger partial charge is 0.466 e. The predicted octanol–water partition coefficient (Wildman–Crippen LogP) is 4.40. The molecule has 4 heteroatoms. The average Bonchev–Trinajstić information content (AvgIpc) is 2.42. The highest BCUT2D eigenvalue weighted by molar-refractivity contribution is 5.66. The van der Waals surface area contributed by atoms with Gasteiger partial charge in [0.1, 0.15) is 0 Å². The topological polar surface area (TPSA) is 52.6 Å². The summed E-state index contributed by atoms with van der Waals surface area (Å²) in [7, 11) is 0. The lowest BCUT2D eigenvalue weighted by Crippen LogP contribution is -2.00. The third-order valence-electron chi connectivity index (χ3n) is 3.40. The Morgan fingerprint density at radius 2 is 0.762 bits per heavy atom. The number of rotatable bonds is 14. The van der Waals surface area contributed by atoms with E-state index in [0.717, 1.165) is 25.7 Å². The van der Waals surface area contributed by atoms with Gasteiger partial charge in [-0.2, -0.15) is 0 Å². The average molecular weight is 300 g/mol. The fourth-order valence-corrected chi connectivity index (χ4v) is 2.23. The van der Waals surface area contributed by atoms with Gasteiger partial charge in [0.05, 0.1) is 13.2 Å². The Bertz CT molecular complexity index is 238. The van der Waals surface area contributed by atoms with Crippen LogP contribution in [0.2, 0.25) is 0 Å². The van der Waals surface area contributed by atoms with E-state index in [1.807, 2.05) is 0 Å². The SMILES string of the molecule is CC(=O)OCCCCCCCCCCCCCOC(C)=O. The van der Waals surface area contributed by atoms with Gasteiger partial charge in [-0.3, -0.25) is 9.59 Å². The number of hydrogen-bond donors (Lipinski definition) is 0. The van der Waals surface area contributed by atoms with E-state index >= 15 is 0 Å². The molecule has 0 aromatic heterocycles. The van der Waals surface area contributed by atoms with E-state index in [0.29, 0.717) is 13.2 Å². The summed E-state index contributed by atoms with van der Waals surface area (Å²) in [5, 5.41) is 0. The van der Waals surface area contributed by atoms with E-state index in [1.165, 1.54) is 58.8 Å². The van der Waals surface area contributed by atoms with Crippen molar-refractivity contribution < 1.29 is 19.1 Å². The molecule has 124 valence electrons. The van der Waals surface area contributed by atoms with Crippen LogP contribution in [0, 0.1) is 0 Å². The summed E-state index contributed by atoms with van der Waals surface area (Å²) < 4.78 is 9.78. The summed E-state index contributed by atoms with van der Waals surface area (Å²) in [6.45, 7) is 4.05. The van der Waals surface area contributed by atoms with E-state index in [4.69, 9.17) is 9.47 Å². The van der Waals surface area contributed by atoms with Crippen LogP contribution in [0.5, 0.6) is 0 Å². The fraction of sp³-hybridized carbons (Fsp3) is 0.882. The Labute approximate surface area is 129 Å². The third kappa shape index (κ3) is 18.9. The smallest absolute Gasteiger partial charge is 0.302 e. The standard InChI is InChI=1S/C17H32O4/c1-16(18)20-14-12-10-8-6-4-3-5-7-9-11-13-15-21-17(2)19/h3-15H2,1-2H3. The molecular formula is C17H32O4. The van der Waals surface area contributed by atoms with Crippen LogP contribution in [-0.4, -0.2) is 25.2 Å². The molecule has 0 aromatic rings. The number of esters is 2. The maximum Gasteiger partial charge on any atom is 0.302 e. The molecule has 0 aromatic carbocycles. The van der Waals surface area contributed by atoms with E-state index in [2.05, 4.69) is 0 Å². The van der Waals surface area contributed by atoms with Crippen LogP contribution in [0.15, 0.2) is 0 Å². The second-order valence-corrected chi connectivity index (χ2v) is 5.57. The number of carbonyl (C=O) groups is 2. The second-order valence-electron chi connectivity index (χ2n) is 5.57. The zero-order valence-electron chi connectivity index (χ0n) is 13.8. The van der Waals surface area contributed by atoms with Gasteiger partial charge in [0.25, 0.3) is 0 Å². The van der Waals surface area contributed by atoms with Gasteiger partial charge >= 0.3 is 11.9 Å². The Balaban J connectivity index is 2.99. The monoisotopic (exact) mass is 300 g/mol. The Kier molecular flexibility index (Phi) is 14.6. The summed E-state index contributed by atoms with van der Waals surface area (Å²) in [4.78, 5) is 21.1. The van der Waals surface area contributed by atoms with Crippen molar-refractivity contribution >= 4 is 11.9 Å². The van der Waals surface area contributed by atoms with Crippen LogP contribution in [-0.2, 0) is 19.1 Å². The predicted molar refractivity (Wildman–Crippen MR) is 84.1 cm³/mol. The molecule has 0 unspecified atom stereocenters. The molecule has 0 saturated heterocycles. The molecule has 0 amide bonds. The van der Waals surface area contributed by atoms with Gasteiger partial charge in [-0.05, 0) is 12.8 Å². The first-order valence-corrected chi connectivity index (χ1v) is 8.39. The van der Waals surface area contributed by atoms with Crippen molar-refractivity contribution in [3.05, 3.63) is 0 Å². The molecule has 0 heterocycles.